The molecule has 168 valence electrons. The van der Waals surface area contributed by atoms with Gasteiger partial charge in [0.15, 0.2) is 0 Å². The van der Waals surface area contributed by atoms with Gasteiger partial charge in [-0.2, -0.15) is 5.26 Å². The molecule has 0 aliphatic carbocycles. The lowest BCUT2D eigenvalue weighted by Gasteiger charge is -2.42. The van der Waals surface area contributed by atoms with E-state index in [1.165, 1.54) is 6.21 Å². The van der Waals surface area contributed by atoms with Gasteiger partial charge in [0.1, 0.15) is 11.9 Å². The molecule has 1 fully saturated rings. The van der Waals surface area contributed by atoms with Gasteiger partial charge in [0.25, 0.3) is 5.91 Å². The average molecular weight is 431 g/mol. The number of rotatable bonds is 6. The summed E-state index contributed by atoms with van der Waals surface area (Å²) in [7, 11) is 0. The molecule has 10 nitrogen and oxygen atoms in total. The van der Waals surface area contributed by atoms with E-state index in [9.17, 15) is 9.59 Å². The molecule has 2 heterocycles. The Bertz CT molecular complexity index is 843. The molecule has 10 heteroatoms. The van der Waals surface area contributed by atoms with Crippen LogP contribution in [0.3, 0.4) is 0 Å². The highest BCUT2D eigenvalue weighted by Crippen LogP contribution is 2.27. The van der Waals surface area contributed by atoms with Crippen LogP contribution in [0.2, 0.25) is 0 Å². The highest BCUT2D eigenvalue weighted by Gasteiger charge is 2.40. The summed E-state index contributed by atoms with van der Waals surface area (Å²) < 4.78 is 0. The van der Waals surface area contributed by atoms with Crippen LogP contribution in [0, 0.1) is 16.7 Å². The Morgan fingerprint density at radius 1 is 1.42 bits per heavy atom. The standard InChI is InChI=1S/C21H30N6O4/c1-14(25-20(29)30)11-24-31-18(21(3,4)5)19(28)27-9-8-26(13-15(27)2)17-7-6-16(10-22)12-23-17/h6-7,11-12,14-15,18,25H,8-9,13H2,1-5H3,(H,29,30)/b24-11+/t14-,15+,18?/m0/s1. The van der Waals surface area contributed by atoms with Gasteiger partial charge in [0.05, 0.1) is 17.8 Å². The van der Waals surface area contributed by atoms with Crippen molar-refractivity contribution in [1.29, 1.82) is 5.26 Å². The summed E-state index contributed by atoms with van der Waals surface area (Å²) in [5.41, 5.74) is -0.00660. The van der Waals surface area contributed by atoms with Crippen LogP contribution in [0.1, 0.15) is 40.2 Å². The number of nitriles is 1. The zero-order valence-electron chi connectivity index (χ0n) is 18.6. The molecule has 2 rings (SSSR count). The van der Waals surface area contributed by atoms with Crippen LogP contribution < -0.4 is 10.2 Å². The summed E-state index contributed by atoms with van der Waals surface area (Å²) in [6.07, 6.45) is 0.880. The first-order valence-electron chi connectivity index (χ1n) is 10.1. The molecule has 2 N–H and O–H groups in total. The first-order chi connectivity index (χ1) is 14.5. The number of carbonyl (C=O) groups excluding carboxylic acids is 1. The largest absolute Gasteiger partial charge is 0.465 e. The predicted molar refractivity (Wildman–Crippen MR) is 116 cm³/mol. The van der Waals surface area contributed by atoms with Gasteiger partial charge in [-0.15, -0.1) is 0 Å². The summed E-state index contributed by atoms with van der Waals surface area (Å²) in [5, 5.41) is 23.8. The quantitative estimate of drug-likeness (QED) is 0.522. The minimum atomic E-state index is -1.16. The smallest absolute Gasteiger partial charge is 0.405 e. The molecule has 1 aromatic rings. The molecule has 1 aliphatic rings. The molecule has 2 amide bonds. The fraction of sp³-hybridized carbons (Fsp3) is 0.571. The maximum absolute atomic E-state index is 13.3. The van der Waals surface area contributed by atoms with Crippen molar-refractivity contribution in [2.45, 2.75) is 52.8 Å². The van der Waals surface area contributed by atoms with Gasteiger partial charge in [-0.1, -0.05) is 25.9 Å². The first kappa shape index (κ1) is 23.9. The molecular formula is C21H30N6O4. The van der Waals surface area contributed by atoms with E-state index < -0.39 is 23.7 Å². The van der Waals surface area contributed by atoms with E-state index >= 15 is 0 Å². The number of carbonyl (C=O) groups is 2. The molecule has 1 unspecified atom stereocenters. The van der Waals surface area contributed by atoms with Crippen LogP contribution in [0.4, 0.5) is 10.6 Å². The molecule has 3 atom stereocenters. The fourth-order valence-corrected chi connectivity index (χ4v) is 3.28. The van der Waals surface area contributed by atoms with Crippen LogP contribution in [-0.4, -0.2) is 71.0 Å². The van der Waals surface area contributed by atoms with E-state index in [0.717, 1.165) is 5.82 Å². The van der Waals surface area contributed by atoms with E-state index in [0.29, 0.717) is 25.2 Å². The number of nitrogens with zero attached hydrogens (tertiary/aromatic N) is 5. The molecule has 1 aromatic heterocycles. The van der Waals surface area contributed by atoms with Gasteiger partial charge in [-0.05, 0) is 26.0 Å². The lowest BCUT2D eigenvalue weighted by Crippen LogP contribution is -2.58. The Labute approximate surface area is 182 Å². The van der Waals surface area contributed by atoms with Crippen molar-refractivity contribution in [2.75, 3.05) is 24.5 Å². The summed E-state index contributed by atoms with van der Waals surface area (Å²) in [6.45, 7) is 11.0. The second kappa shape index (κ2) is 10.1. The van der Waals surface area contributed by atoms with Crippen molar-refractivity contribution in [3.8, 4) is 6.07 Å². The fourth-order valence-electron chi connectivity index (χ4n) is 3.28. The Kier molecular flexibility index (Phi) is 7.80. The predicted octanol–water partition coefficient (Wildman–Crippen LogP) is 2.06. The lowest BCUT2D eigenvalue weighted by molar-refractivity contribution is -0.153. The van der Waals surface area contributed by atoms with Crippen LogP contribution in [0.25, 0.3) is 0 Å². The van der Waals surface area contributed by atoms with Crippen molar-refractivity contribution in [2.24, 2.45) is 10.6 Å². The van der Waals surface area contributed by atoms with E-state index in [-0.39, 0.29) is 11.9 Å². The van der Waals surface area contributed by atoms with E-state index in [4.69, 9.17) is 15.2 Å². The Balaban J connectivity index is 2.05. The highest BCUT2D eigenvalue weighted by atomic mass is 16.6. The van der Waals surface area contributed by atoms with Gasteiger partial charge < -0.3 is 25.1 Å². The summed E-state index contributed by atoms with van der Waals surface area (Å²) in [6, 6.07) is 4.97. The van der Waals surface area contributed by atoms with Gasteiger partial charge in [-0.25, -0.2) is 9.78 Å². The van der Waals surface area contributed by atoms with Gasteiger partial charge in [0, 0.05) is 37.3 Å². The lowest BCUT2D eigenvalue weighted by atomic mass is 9.88. The summed E-state index contributed by atoms with van der Waals surface area (Å²) in [5.74, 6) is 0.606. The molecule has 1 saturated heterocycles. The Morgan fingerprint density at radius 3 is 2.65 bits per heavy atom. The third-order valence-electron chi connectivity index (χ3n) is 4.92. The van der Waals surface area contributed by atoms with Crippen molar-refractivity contribution in [3.05, 3.63) is 23.9 Å². The number of oxime groups is 1. The molecule has 0 radical (unpaired) electrons. The van der Waals surface area contributed by atoms with Crippen LogP contribution in [-0.2, 0) is 9.63 Å². The molecular weight excluding hydrogens is 400 g/mol. The zero-order chi connectivity index (χ0) is 23.2. The molecule has 31 heavy (non-hydrogen) atoms. The number of aromatic nitrogens is 1. The average Bonchev–Trinajstić information content (AvgIpc) is 2.69. The number of nitrogens with one attached hydrogen (secondary N) is 1. The molecule has 0 spiro atoms. The van der Waals surface area contributed by atoms with E-state index in [1.54, 1.807) is 24.1 Å². The SMILES string of the molecule is C[C@@H]1CN(c2ccc(C#N)cn2)CCN1C(=O)C(O/N=C/[C@H](C)NC(=O)O)C(C)(C)C. The molecule has 0 aromatic carbocycles. The van der Waals surface area contributed by atoms with Gasteiger partial charge in [-0.3, -0.25) is 4.79 Å². The van der Waals surface area contributed by atoms with Crippen molar-refractivity contribution in [3.63, 3.8) is 0 Å². The Hall–Kier alpha value is -3.35. The number of piperazine rings is 1. The summed E-state index contributed by atoms with van der Waals surface area (Å²) in [4.78, 5) is 37.7. The second-order valence-corrected chi connectivity index (χ2v) is 8.69. The minimum Gasteiger partial charge on any atom is -0.465 e. The monoisotopic (exact) mass is 430 g/mol. The van der Waals surface area contributed by atoms with Gasteiger partial charge >= 0.3 is 6.09 Å². The number of carboxylic acid groups (broad SMARTS) is 1. The second-order valence-electron chi connectivity index (χ2n) is 8.69. The molecule has 0 bridgehead atoms. The number of amides is 2. The minimum absolute atomic E-state index is 0.0799. The summed E-state index contributed by atoms with van der Waals surface area (Å²) >= 11 is 0. The van der Waals surface area contributed by atoms with E-state index in [2.05, 4.69) is 26.4 Å². The van der Waals surface area contributed by atoms with Crippen LogP contribution in [0.5, 0.6) is 0 Å². The normalized spacial score (nSPS) is 18.9. The van der Waals surface area contributed by atoms with Gasteiger partial charge in [0.2, 0.25) is 6.10 Å². The van der Waals surface area contributed by atoms with Crippen LogP contribution in [0.15, 0.2) is 23.5 Å². The number of anilines is 1. The van der Waals surface area contributed by atoms with Crippen molar-refractivity contribution in [1.82, 2.24) is 15.2 Å². The maximum atomic E-state index is 13.3. The Morgan fingerprint density at radius 2 is 2.13 bits per heavy atom. The van der Waals surface area contributed by atoms with Crippen LogP contribution >= 0.6 is 0 Å². The highest BCUT2D eigenvalue weighted by molar-refractivity contribution is 5.82. The zero-order valence-corrected chi connectivity index (χ0v) is 18.6. The number of hydrogen-bond acceptors (Lipinski definition) is 7. The number of pyridine rings is 1. The first-order valence-corrected chi connectivity index (χ1v) is 10.1. The number of hydrogen-bond donors (Lipinski definition) is 2. The third kappa shape index (κ3) is 6.57. The maximum Gasteiger partial charge on any atom is 0.405 e. The molecule has 0 saturated carbocycles. The third-order valence-corrected chi connectivity index (χ3v) is 4.92. The molecule has 1 aliphatic heterocycles. The topological polar surface area (TPSA) is 131 Å². The van der Waals surface area contributed by atoms with Crippen molar-refractivity contribution >= 4 is 24.0 Å². The van der Waals surface area contributed by atoms with Crippen molar-refractivity contribution < 1.29 is 19.5 Å². The van der Waals surface area contributed by atoms with E-state index in [1.807, 2.05) is 33.8 Å².